The Hall–Kier alpha value is -1.72. The molecule has 21 heavy (non-hydrogen) atoms. The van der Waals surface area contributed by atoms with Gasteiger partial charge in [0.2, 0.25) is 0 Å². The fraction of sp³-hybridized carbons (Fsp3) is 0.375. The molecule has 0 spiro atoms. The van der Waals surface area contributed by atoms with Crippen LogP contribution in [0.2, 0.25) is 0 Å². The van der Waals surface area contributed by atoms with Crippen molar-refractivity contribution in [3.05, 3.63) is 41.4 Å². The fourth-order valence-corrected chi connectivity index (χ4v) is 2.92. The highest BCUT2D eigenvalue weighted by atomic mass is 32.1. The lowest BCUT2D eigenvalue weighted by atomic mass is 10.1. The standard InChI is InChI=1S/C16H20N2O2S/c1-2-3-9-14(16(19)20)17-10-13-11-18-15(21-13)12-7-5-4-6-8-12/h4-8,11,14,17H,2-3,9-10H2,1H3,(H,19,20)/t14-/m0/s1. The Morgan fingerprint density at radius 2 is 2.14 bits per heavy atom. The first-order valence-electron chi connectivity index (χ1n) is 7.17. The van der Waals surface area contributed by atoms with Crippen molar-refractivity contribution in [2.75, 3.05) is 0 Å². The lowest BCUT2D eigenvalue weighted by Gasteiger charge is -2.12. The summed E-state index contributed by atoms with van der Waals surface area (Å²) in [6.45, 7) is 2.61. The van der Waals surface area contributed by atoms with E-state index < -0.39 is 12.0 Å². The second kappa shape index (κ2) is 7.90. The molecule has 4 nitrogen and oxygen atoms in total. The number of nitrogens with zero attached hydrogens (tertiary/aromatic N) is 1. The normalized spacial score (nSPS) is 12.2. The second-order valence-corrected chi connectivity index (χ2v) is 6.03. The zero-order chi connectivity index (χ0) is 15.1. The van der Waals surface area contributed by atoms with Gasteiger partial charge in [-0.25, -0.2) is 4.98 Å². The number of hydrogen-bond donors (Lipinski definition) is 2. The Balaban J connectivity index is 1.94. The number of rotatable bonds is 8. The van der Waals surface area contributed by atoms with E-state index in [0.29, 0.717) is 13.0 Å². The molecule has 2 aromatic rings. The predicted molar refractivity (Wildman–Crippen MR) is 85.3 cm³/mol. The molecular formula is C16H20N2O2S. The summed E-state index contributed by atoms with van der Waals surface area (Å²) in [5.41, 5.74) is 1.09. The number of carboxylic acid groups (broad SMARTS) is 1. The average molecular weight is 304 g/mol. The fourth-order valence-electron chi connectivity index (χ4n) is 2.05. The number of carbonyl (C=O) groups is 1. The Kier molecular flexibility index (Phi) is 5.90. The van der Waals surface area contributed by atoms with Crippen molar-refractivity contribution in [1.29, 1.82) is 0 Å². The summed E-state index contributed by atoms with van der Waals surface area (Å²) in [5, 5.41) is 13.3. The summed E-state index contributed by atoms with van der Waals surface area (Å²) in [4.78, 5) is 16.6. The average Bonchev–Trinajstić information content (AvgIpc) is 2.97. The summed E-state index contributed by atoms with van der Waals surface area (Å²) >= 11 is 1.60. The molecule has 0 saturated carbocycles. The highest BCUT2D eigenvalue weighted by Crippen LogP contribution is 2.24. The van der Waals surface area contributed by atoms with E-state index in [1.807, 2.05) is 36.5 Å². The topological polar surface area (TPSA) is 62.2 Å². The number of carboxylic acids is 1. The van der Waals surface area contributed by atoms with Crippen LogP contribution >= 0.6 is 11.3 Å². The van der Waals surface area contributed by atoms with Gasteiger partial charge >= 0.3 is 5.97 Å². The molecule has 2 rings (SSSR count). The molecular weight excluding hydrogens is 284 g/mol. The molecule has 0 aliphatic heterocycles. The molecule has 0 fully saturated rings. The van der Waals surface area contributed by atoms with Crippen LogP contribution in [0.15, 0.2) is 36.5 Å². The molecule has 2 N–H and O–H groups in total. The SMILES string of the molecule is CCCC[C@H](NCc1cnc(-c2ccccc2)s1)C(=O)O. The third-order valence-corrected chi connectivity index (χ3v) is 4.29. The van der Waals surface area contributed by atoms with Crippen molar-refractivity contribution in [3.8, 4) is 10.6 Å². The minimum absolute atomic E-state index is 0.479. The minimum atomic E-state index is -0.781. The molecule has 1 aromatic heterocycles. The van der Waals surface area contributed by atoms with E-state index in [1.54, 1.807) is 11.3 Å². The summed E-state index contributed by atoms with van der Waals surface area (Å²) in [7, 11) is 0. The summed E-state index contributed by atoms with van der Waals surface area (Å²) in [6, 6.07) is 9.52. The number of thiazole rings is 1. The van der Waals surface area contributed by atoms with E-state index in [4.69, 9.17) is 0 Å². The van der Waals surface area contributed by atoms with E-state index in [9.17, 15) is 9.90 Å². The first-order valence-corrected chi connectivity index (χ1v) is 7.98. The van der Waals surface area contributed by atoms with Crippen LogP contribution in [0.25, 0.3) is 10.6 Å². The van der Waals surface area contributed by atoms with Crippen LogP contribution in [-0.4, -0.2) is 22.1 Å². The Morgan fingerprint density at radius 3 is 2.81 bits per heavy atom. The number of nitrogens with one attached hydrogen (secondary N) is 1. The third-order valence-electron chi connectivity index (χ3n) is 3.24. The van der Waals surface area contributed by atoms with Gasteiger partial charge in [-0.2, -0.15) is 0 Å². The van der Waals surface area contributed by atoms with Crippen LogP contribution in [0.5, 0.6) is 0 Å². The number of unbranched alkanes of at least 4 members (excludes halogenated alkanes) is 1. The van der Waals surface area contributed by atoms with Crippen LogP contribution in [0.3, 0.4) is 0 Å². The molecule has 112 valence electrons. The van der Waals surface area contributed by atoms with Gasteiger partial charge in [0.1, 0.15) is 11.0 Å². The monoisotopic (exact) mass is 304 g/mol. The number of hydrogen-bond acceptors (Lipinski definition) is 4. The molecule has 1 heterocycles. The van der Waals surface area contributed by atoms with Gasteiger partial charge in [-0.15, -0.1) is 11.3 Å². The van der Waals surface area contributed by atoms with E-state index in [2.05, 4.69) is 17.2 Å². The molecule has 1 atom stereocenters. The van der Waals surface area contributed by atoms with E-state index >= 15 is 0 Å². The number of benzene rings is 1. The van der Waals surface area contributed by atoms with Crippen molar-refractivity contribution < 1.29 is 9.90 Å². The van der Waals surface area contributed by atoms with Gasteiger partial charge in [-0.05, 0) is 6.42 Å². The third kappa shape index (κ3) is 4.65. The maximum atomic E-state index is 11.2. The van der Waals surface area contributed by atoms with Gasteiger partial charge in [0, 0.05) is 23.2 Å². The largest absolute Gasteiger partial charge is 0.480 e. The zero-order valence-corrected chi connectivity index (χ0v) is 12.9. The maximum absolute atomic E-state index is 11.2. The molecule has 0 unspecified atom stereocenters. The van der Waals surface area contributed by atoms with Crippen molar-refractivity contribution in [2.45, 2.75) is 38.8 Å². The quantitative estimate of drug-likeness (QED) is 0.783. The van der Waals surface area contributed by atoms with Crippen molar-refractivity contribution >= 4 is 17.3 Å². The molecule has 0 bridgehead atoms. The van der Waals surface area contributed by atoms with Crippen LogP contribution in [-0.2, 0) is 11.3 Å². The molecule has 5 heteroatoms. The zero-order valence-electron chi connectivity index (χ0n) is 12.1. The lowest BCUT2D eigenvalue weighted by molar-refractivity contribution is -0.139. The molecule has 0 aliphatic rings. The van der Waals surface area contributed by atoms with E-state index in [1.165, 1.54) is 0 Å². The van der Waals surface area contributed by atoms with Crippen LogP contribution in [0.4, 0.5) is 0 Å². The van der Waals surface area contributed by atoms with Crippen LogP contribution in [0, 0.1) is 0 Å². The van der Waals surface area contributed by atoms with Gasteiger partial charge in [0.05, 0.1) is 0 Å². The lowest BCUT2D eigenvalue weighted by Crippen LogP contribution is -2.35. The van der Waals surface area contributed by atoms with Crippen molar-refractivity contribution in [2.24, 2.45) is 0 Å². The Bertz CT molecular complexity index is 569. The summed E-state index contributed by atoms with van der Waals surface area (Å²) < 4.78 is 0. The first-order chi connectivity index (χ1) is 10.2. The van der Waals surface area contributed by atoms with Crippen molar-refractivity contribution in [1.82, 2.24) is 10.3 Å². The summed E-state index contributed by atoms with van der Waals surface area (Å²) in [5.74, 6) is -0.781. The molecule has 0 amide bonds. The molecule has 0 saturated heterocycles. The smallest absolute Gasteiger partial charge is 0.320 e. The molecule has 0 radical (unpaired) electrons. The van der Waals surface area contributed by atoms with Gasteiger partial charge < -0.3 is 5.11 Å². The van der Waals surface area contributed by atoms with Crippen molar-refractivity contribution in [3.63, 3.8) is 0 Å². The van der Waals surface area contributed by atoms with Gasteiger partial charge in [0.15, 0.2) is 0 Å². The Labute approximate surface area is 128 Å². The van der Waals surface area contributed by atoms with Gasteiger partial charge in [-0.3, -0.25) is 10.1 Å². The minimum Gasteiger partial charge on any atom is -0.480 e. The maximum Gasteiger partial charge on any atom is 0.320 e. The number of aliphatic carboxylic acids is 1. The second-order valence-electron chi connectivity index (χ2n) is 4.91. The molecule has 0 aliphatic carbocycles. The Morgan fingerprint density at radius 1 is 1.38 bits per heavy atom. The molecule has 1 aromatic carbocycles. The van der Waals surface area contributed by atoms with Crippen LogP contribution < -0.4 is 5.32 Å². The van der Waals surface area contributed by atoms with Crippen LogP contribution in [0.1, 0.15) is 31.1 Å². The highest BCUT2D eigenvalue weighted by Gasteiger charge is 2.16. The number of aromatic nitrogens is 1. The van der Waals surface area contributed by atoms with Gasteiger partial charge in [0.25, 0.3) is 0 Å². The highest BCUT2D eigenvalue weighted by molar-refractivity contribution is 7.15. The summed E-state index contributed by atoms with van der Waals surface area (Å²) in [6.07, 6.45) is 4.40. The van der Waals surface area contributed by atoms with E-state index in [0.717, 1.165) is 28.3 Å². The first kappa shape index (κ1) is 15.7. The van der Waals surface area contributed by atoms with Gasteiger partial charge in [-0.1, -0.05) is 50.1 Å². The van der Waals surface area contributed by atoms with E-state index in [-0.39, 0.29) is 0 Å². The predicted octanol–water partition coefficient (Wildman–Crippen LogP) is 3.54.